The van der Waals surface area contributed by atoms with Gasteiger partial charge in [0.2, 0.25) is 0 Å². The second-order valence-corrected chi connectivity index (χ2v) is 9.61. The van der Waals surface area contributed by atoms with Crippen molar-refractivity contribution < 1.29 is 38.1 Å². The second-order valence-electron chi connectivity index (χ2n) is 9.07. The topological polar surface area (TPSA) is 97.4 Å². The molecular weight excluding hydrogens is 524 g/mol. The highest BCUT2D eigenvalue weighted by Gasteiger charge is 2.60. The van der Waals surface area contributed by atoms with Gasteiger partial charge in [-0.1, -0.05) is 72.8 Å². The number of hydrogen-bond donors (Lipinski definition) is 0. The van der Waals surface area contributed by atoms with E-state index in [1.807, 2.05) is 0 Å². The molecule has 0 spiro atoms. The number of fused-ring (bicyclic) bond motifs is 2. The molecule has 2 fully saturated rings. The molecule has 6 atom stereocenters. The molecule has 0 N–H and O–H groups in total. The zero-order chi connectivity index (χ0) is 27.4. The molecule has 39 heavy (non-hydrogen) atoms. The summed E-state index contributed by atoms with van der Waals surface area (Å²) in [7, 11) is 0. The fourth-order valence-corrected chi connectivity index (χ4v) is 4.72. The molecule has 2 heterocycles. The lowest BCUT2D eigenvalue weighted by Gasteiger charge is -2.39. The van der Waals surface area contributed by atoms with Crippen molar-refractivity contribution in [3.63, 3.8) is 0 Å². The van der Waals surface area contributed by atoms with Gasteiger partial charge in [0.25, 0.3) is 0 Å². The van der Waals surface area contributed by atoms with Gasteiger partial charge in [-0.2, -0.15) is 0 Å². The van der Waals surface area contributed by atoms with Crippen LogP contribution in [0.2, 0.25) is 0 Å². The van der Waals surface area contributed by atoms with Gasteiger partial charge in [-0.15, -0.1) is 0 Å². The Morgan fingerprint density at radius 2 is 1.05 bits per heavy atom. The third-order valence-corrected chi connectivity index (χ3v) is 6.54. The molecule has 2 bridgehead atoms. The van der Waals surface area contributed by atoms with E-state index >= 15 is 0 Å². The Hall–Kier alpha value is -3.98. The maximum absolute atomic E-state index is 13.2. The summed E-state index contributed by atoms with van der Waals surface area (Å²) in [6.07, 6.45) is -6.23. The first-order valence-electron chi connectivity index (χ1n) is 12.3. The largest absolute Gasteiger partial charge is 0.452 e. The third-order valence-electron chi connectivity index (χ3n) is 6.39. The molecule has 200 valence electrons. The van der Waals surface area contributed by atoms with E-state index in [9.17, 15) is 14.4 Å². The number of carbonyl (C=O) groups is 3. The van der Waals surface area contributed by atoms with Crippen molar-refractivity contribution in [2.45, 2.75) is 43.2 Å². The molecule has 2 aliphatic heterocycles. The molecule has 2 aliphatic rings. The lowest BCUT2D eigenvalue weighted by atomic mass is 9.95. The highest BCUT2D eigenvalue weighted by molar-refractivity contribution is 6.29. The summed E-state index contributed by atoms with van der Waals surface area (Å²) in [5.41, 5.74) is 0.821. The van der Waals surface area contributed by atoms with Crippen LogP contribution in [0.5, 0.6) is 0 Å². The first-order valence-corrected chi connectivity index (χ1v) is 12.7. The minimum absolute atomic E-state index is 0.167. The Labute approximate surface area is 230 Å². The van der Waals surface area contributed by atoms with Crippen LogP contribution in [-0.4, -0.2) is 54.7 Å². The highest BCUT2D eigenvalue weighted by atomic mass is 35.5. The van der Waals surface area contributed by atoms with Crippen LogP contribution in [0.4, 0.5) is 0 Å². The number of halogens is 1. The monoisotopic (exact) mass is 548 g/mol. The molecule has 3 aromatic carbocycles. The summed E-state index contributed by atoms with van der Waals surface area (Å²) in [5.74, 6) is -2.06. The molecule has 0 saturated carbocycles. The predicted octanol–water partition coefficient (Wildman–Crippen LogP) is 4.93. The van der Waals surface area contributed by atoms with Gasteiger partial charge in [-0.3, -0.25) is 0 Å². The fourth-order valence-electron chi connectivity index (χ4n) is 4.57. The molecule has 0 aromatic heterocycles. The molecule has 5 rings (SSSR count). The quantitative estimate of drug-likeness (QED) is 0.289. The van der Waals surface area contributed by atoms with E-state index in [0.29, 0.717) is 5.03 Å². The number of esters is 3. The predicted molar refractivity (Wildman–Crippen MR) is 140 cm³/mol. The van der Waals surface area contributed by atoms with Crippen LogP contribution in [0.3, 0.4) is 0 Å². The maximum Gasteiger partial charge on any atom is 0.338 e. The minimum atomic E-state index is -1.26. The maximum atomic E-state index is 13.2. The van der Waals surface area contributed by atoms with Crippen molar-refractivity contribution in [1.82, 2.24) is 0 Å². The first-order chi connectivity index (χ1) is 18.9. The Balaban J connectivity index is 1.51. The molecular formula is C30H25ClO8. The number of hydrogen-bond acceptors (Lipinski definition) is 8. The Morgan fingerprint density at radius 1 is 0.641 bits per heavy atom. The van der Waals surface area contributed by atoms with Crippen LogP contribution in [0.15, 0.2) is 103 Å². The average Bonchev–Trinajstić information content (AvgIpc) is 3.32. The van der Waals surface area contributed by atoms with Crippen LogP contribution < -0.4 is 0 Å². The van der Waals surface area contributed by atoms with E-state index in [1.54, 1.807) is 91.0 Å². The van der Waals surface area contributed by atoms with Crippen LogP contribution >= 0.6 is 11.6 Å². The summed E-state index contributed by atoms with van der Waals surface area (Å²) in [6, 6.07) is 25.0. The summed E-state index contributed by atoms with van der Waals surface area (Å²) in [5, 5.41) is 0.292. The van der Waals surface area contributed by atoms with Crippen LogP contribution in [0.1, 0.15) is 37.5 Å². The van der Waals surface area contributed by atoms with Crippen molar-refractivity contribution in [1.29, 1.82) is 0 Å². The third kappa shape index (κ3) is 6.04. The zero-order valence-electron chi connectivity index (χ0n) is 20.7. The van der Waals surface area contributed by atoms with E-state index < -0.39 is 54.7 Å². The van der Waals surface area contributed by atoms with Crippen molar-refractivity contribution in [3.8, 4) is 0 Å². The van der Waals surface area contributed by atoms with Crippen LogP contribution in [0.25, 0.3) is 0 Å². The van der Waals surface area contributed by atoms with Gasteiger partial charge in [-0.05, 0) is 36.4 Å². The number of rotatable bonds is 8. The van der Waals surface area contributed by atoms with E-state index in [-0.39, 0.29) is 23.1 Å². The fraction of sp³-hybridized carbons (Fsp3) is 0.233. The molecule has 0 aliphatic carbocycles. The van der Waals surface area contributed by atoms with Crippen LogP contribution in [0, 0.1) is 0 Å². The smallest absolute Gasteiger partial charge is 0.338 e. The molecule has 3 aromatic rings. The van der Waals surface area contributed by atoms with E-state index in [4.69, 9.17) is 35.3 Å². The molecule has 2 saturated heterocycles. The minimum Gasteiger partial charge on any atom is -0.452 e. The summed E-state index contributed by atoms with van der Waals surface area (Å²) < 4.78 is 29.7. The lowest BCUT2D eigenvalue weighted by molar-refractivity contribution is -0.228. The molecule has 0 unspecified atom stereocenters. The summed E-state index contributed by atoms with van der Waals surface area (Å²) >= 11 is 6.09. The second kappa shape index (κ2) is 11.8. The number of benzene rings is 3. The van der Waals surface area contributed by atoms with Crippen molar-refractivity contribution in [3.05, 3.63) is 119 Å². The van der Waals surface area contributed by atoms with Crippen molar-refractivity contribution in [2.24, 2.45) is 0 Å². The van der Waals surface area contributed by atoms with Gasteiger partial charge in [0.15, 0.2) is 24.6 Å². The van der Waals surface area contributed by atoms with E-state index in [0.717, 1.165) is 0 Å². The summed E-state index contributed by atoms with van der Waals surface area (Å²) in [4.78, 5) is 39.4. The molecule has 9 heteroatoms. The Bertz CT molecular complexity index is 1330. The number of carbonyl (C=O) groups excluding carboxylic acids is 3. The average molecular weight is 549 g/mol. The molecule has 0 amide bonds. The Kier molecular flexibility index (Phi) is 8.07. The number of ether oxygens (including phenoxy) is 5. The van der Waals surface area contributed by atoms with Gasteiger partial charge in [0.05, 0.1) is 22.8 Å². The van der Waals surface area contributed by atoms with E-state index in [2.05, 4.69) is 6.58 Å². The van der Waals surface area contributed by atoms with E-state index in [1.165, 1.54) is 0 Å². The van der Waals surface area contributed by atoms with Gasteiger partial charge in [0, 0.05) is 11.5 Å². The molecule has 8 nitrogen and oxygen atoms in total. The summed E-state index contributed by atoms with van der Waals surface area (Å²) in [6.45, 7) is 3.73. The normalized spacial score (nSPS) is 25.4. The first kappa shape index (κ1) is 26.6. The zero-order valence-corrected chi connectivity index (χ0v) is 21.4. The molecule has 0 radical (unpaired) electrons. The SMILES string of the molecule is C=C(Cl)C[C@@H]1O[C@@H]2O[C@H]1[C@@H](OC(=O)c1ccccc1)[C@H](OC(=O)c1ccccc1)[C@H]2OC(=O)c1ccccc1. The highest BCUT2D eigenvalue weighted by Crippen LogP contribution is 2.40. The van der Waals surface area contributed by atoms with Gasteiger partial charge < -0.3 is 23.7 Å². The van der Waals surface area contributed by atoms with Gasteiger partial charge in [0.1, 0.15) is 6.10 Å². The van der Waals surface area contributed by atoms with Crippen molar-refractivity contribution in [2.75, 3.05) is 0 Å². The van der Waals surface area contributed by atoms with Crippen molar-refractivity contribution >= 4 is 29.5 Å². The van der Waals surface area contributed by atoms with Gasteiger partial charge >= 0.3 is 17.9 Å². The Morgan fingerprint density at radius 3 is 1.49 bits per heavy atom. The standard InChI is InChI=1S/C30H25ClO8/c1-18(31)17-22-23-24(36-27(32)19-11-5-2-6-12-19)25(37-28(33)20-13-7-3-8-14-20)26(30(35-22)39-23)38-29(34)21-15-9-4-10-16-21/h2-16,22-26,30H,1,17H2/t22-,23+,24+,25-,26+,30+/m0/s1. The van der Waals surface area contributed by atoms with Gasteiger partial charge in [-0.25, -0.2) is 14.4 Å². The lowest BCUT2D eigenvalue weighted by Crippen LogP contribution is -2.59. The van der Waals surface area contributed by atoms with Crippen LogP contribution in [-0.2, 0) is 23.7 Å².